The summed E-state index contributed by atoms with van der Waals surface area (Å²) in [6.45, 7) is 0. The van der Waals surface area contributed by atoms with Crippen LogP contribution in [-0.2, 0) is 6.18 Å². The van der Waals surface area contributed by atoms with Crippen molar-refractivity contribution >= 4 is 46.5 Å². The highest BCUT2D eigenvalue weighted by Gasteiger charge is 2.33. The van der Waals surface area contributed by atoms with Crippen molar-refractivity contribution in [2.24, 2.45) is 10.2 Å². The number of amides is 4. The molecule has 4 N–H and O–H groups in total. The number of fused-ring (bicyclic) bond motifs is 1. The minimum Gasteiger partial charge on any atom is -0.335 e. The van der Waals surface area contributed by atoms with Gasteiger partial charge in [-0.15, -0.1) is 5.11 Å². The quantitative estimate of drug-likeness (QED) is 0.253. The van der Waals surface area contributed by atoms with Crippen LogP contribution in [0.2, 0.25) is 5.02 Å². The van der Waals surface area contributed by atoms with Gasteiger partial charge in [0.25, 0.3) is 0 Å². The van der Waals surface area contributed by atoms with Crippen molar-refractivity contribution in [1.29, 1.82) is 0 Å². The number of nitrogens with zero attached hydrogens (tertiary/aromatic N) is 4. The molecule has 4 amide bonds. The second-order valence-electron chi connectivity index (χ2n) is 9.40. The Morgan fingerprint density at radius 2 is 1.57 bits per heavy atom. The molecule has 3 aromatic rings. The van der Waals surface area contributed by atoms with Gasteiger partial charge in [0.05, 0.1) is 10.6 Å². The molecule has 40 heavy (non-hydrogen) atoms. The highest BCUT2D eigenvalue weighted by Crippen LogP contribution is 2.42. The molecule has 0 radical (unpaired) electrons. The summed E-state index contributed by atoms with van der Waals surface area (Å²) in [5.41, 5.74) is 0.890. The summed E-state index contributed by atoms with van der Waals surface area (Å²) >= 11 is 5.62. The van der Waals surface area contributed by atoms with E-state index in [0.29, 0.717) is 17.1 Å². The summed E-state index contributed by atoms with van der Waals surface area (Å²) in [6.07, 6.45) is 1.94. The van der Waals surface area contributed by atoms with Gasteiger partial charge in [-0.2, -0.15) is 18.3 Å². The number of aromatic nitrogens is 2. The largest absolute Gasteiger partial charge is 0.417 e. The minimum absolute atomic E-state index is 0.0645. The van der Waals surface area contributed by atoms with Crippen LogP contribution in [0, 0.1) is 0 Å². The second-order valence-corrected chi connectivity index (χ2v) is 9.81. The normalized spacial score (nSPS) is 16.8. The van der Waals surface area contributed by atoms with Crippen LogP contribution < -0.4 is 21.3 Å². The van der Waals surface area contributed by atoms with Gasteiger partial charge in [-0.05, 0) is 48.7 Å². The Balaban J connectivity index is 1.21. The molecule has 1 aromatic heterocycles. The number of hydrogen-bond donors (Lipinski definition) is 4. The first-order valence-electron chi connectivity index (χ1n) is 12.6. The zero-order valence-electron chi connectivity index (χ0n) is 20.9. The molecule has 1 saturated carbocycles. The molecular formula is C26H24ClF3N8O2. The van der Waals surface area contributed by atoms with Crippen LogP contribution in [0.1, 0.15) is 55.0 Å². The fraction of sp³-hybridized carbons (Fsp3) is 0.308. The Hall–Kier alpha value is -4.26. The van der Waals surface area contributed by atoms with Crippen molar-refractivity contribution in [2.75, 3.05) is 16.0 Å². The number of anilines is 3. The summed E-state index contributed by atoms with van der Waals surface area (Å²) in [7, 11) is 0. The number of hydrogen-bond acceptors (Lipinski definition) is 6. The molecule has 0 spiro atoms. The summed E-state index contributed by atoms with van der Waals surface area (Å²) in [5, 5.41) is 18.7. The third kappa shape index (κ3) is 6.30. The highest BCUT2D eigenvalue weighted by atomic mass is 35.5. The fourth-order valence-electron chi connectivity index (χ4n) is 4.62. The van der Waals surface area contributed by atoms with Gasteiger partial charge in [0.15, 0.2) is 11.5 Å². The van der Waals surface area contributed by atoms with Crippen LogP contribution in [0.25, 0.3) is 0 Å². The Kier molecular flexibility index (Phi) is 7.83. The lowest BCUT2D eigenvalue weighted by atomic mass is 9.96. The van der Waals surface area contributed by atoms with Gasteiger partial charge in [0.1, 0.15) is 18.1 Å². The lowest BCUT2D eigenvalue weighted by Gasteiger charge is -2.22. The molecule has 0 saturated heterocycles. The van der Waals surface area contributed by atoms with Gasteiger partial charge < -0.3 is 16.0 Å². The Bertz CT molecular complexity index is 1440. The first-order chi connectivity index (χ1) is 19.2. The van der Waals surface area contributed by atoms with E-state index in [0.717, 1.165) is 43.4 Å². The number of carbonyl (C=O) groups is 2. The van der Waals surface area contributed by atoms with Crippen LogP contribution in [-0.4, -0.2) is 28.1 Å². The van der Waals surface area contributed by atoms with E-state index in [4.69, 9.17) is 11.6 Å². The van der Waals surface area contributed by atoms with Crippen molar-refractivity contribution in [3.8, 4) is 0 Å². The third-order valence-electron chi connectivity index (χ3n) is 6.57. The van der Waals surface area contributed by atoms with E-state index in [1.165, 1.54) is 18.8 Å². The van der Waals surface area contributed by atoms with Gasteiger partial charge >= 0.3 is 18.2 Å². The second kappa shape index (κ2) is 11.5. The first-order valence-corrected chi connectivity index (χ1v) is 12.9. The number of azo groups is 1. The summed E-state index contributed by atoms with van der Waals surface area (Å²) in [6, 6.07) is 8.26. The third-order valence-corrected chi connectivity index (χ3v) is 6.90. The van der Waals surface area contributed by atoms with E-state index < -0.39 is 28.8 Å². The maximum absolute atomic E-state index is 13.1. The van der Waals surface area contributed by atoms with Crippen LogP contribution in [0.3, 0.4) is 0 Å². The predicted octanol–water partition coefficient (Wildman–Crippen LogP) is 7.43. The van der Waals surface area contributed by atoms with E-state index in [1.807, 2.05) is 0 Å². The van der Waals surface area contributed by atoms with Crippen molar-refractivity contribution in [1.82, 2.24) is 15.3 Å². The number of benzene rings is 2. The van der Waals surface area contributed by atoms with Gasteiger partial charge in [-0.25, -0.2) is 19.6 Å². The van der Waals surface area contributed by atoms with E-state index in [9.17, 15) is 22.8 Å². The summed E-state index contributed by atoms with van der Waals surface area (Å²) in [4.78, 5) is 33.3. The molecule has 2 aliphatic rings. The molecule has 2 aromatic carbocycles. The van der Waals surface area contributed by atoms with Crippen molar-refractivity contribution in [3.05, 3.63) is 70.6 Å². The maximum atomic E-state index is 13.1. The van der Waals surface area contributed by atoms with E-state index in [-0.39, 0.29) is 23.6 Å². The van der Waals surface area contributed by atoms with Crippen molar-refractivity contribution in [3.63, 3.8) is 0 Å². The molecule has 14 heteroatoms. The average Bonchev–Trinajstić information content (AvgIpc) is 3.35. The molecular weight excluding hydrogens is 549 g/mol. The molecule has 1 aliphatic carbocycles. The molecule has 1 unspecified atom stereocenters. The number of nitrogens with one attached hydrogen (secondary N) is 4. The summed E-state index contributed by atoms with van der Waals surface area (Å²) in [5.74, 6) is 0.260. The number of rotatable bonds is 5. The Morgan fingerprint density at radius 1 is 0.875 bits per heavy atom. The fourth-order valence-corrected chi connectivity index (χ4v) is 4.84. The van der Waals surface area contributed by atoms with E-state index in [1.54, 1.807) is 24.3 Å². The topological polar surface area (TPSA) is 133 Å². The van der Waals surface area contributed by atoms with Gasteiger partial charge in [0, 0.05) is 17.4 Å². The molecule has 0 bridgehead atoms. The smallest absolute Gasteiger partial charge is 0.335 e. The predicted molar refractivity (Wildman–Crippen MR) is 143 cm³/mol. The zero-order chi connectivity index (χ0) is 28.3. The zero-order valence-corrected chi connectivity index (χ0v) is 21.7. The van der Waals surface area contributed by atoms with E-state index >= 15 is 0 Å². The Morgan fingerprint density at radius 3 is 2.30 bits per heavy atom. The van der Waals surface area contributed by atoms with Crippen molar-refractivity contribution < 1.29 is 22.8 Å². The van der Waals surface area contributed by atoms with Gasteiger partial charge in [-0.3, -0.25) is 5.32 Å². The maximum Gasteiger partial charge on any atom is 0.417 e. The van der Waals surface area contributed by atoms with Crippen molar-refractivity contribution in [2.45, 2.75) is 50.4 Å². The number of urea groups is 2. The highest BCUT2D eigenvalue weighted by molar-refractivity contribution is 6.31. The summed E-state index contributed by atoms with van der Waals surface area (Å²) < 4.78 is 39.2. The minimum atomic E-state index is -4.65. The van der Waals surface area contributed by atoms with Crippen LogP contribution in [0.4, 0.5) is 45.6 Å². The molecule has 1 aliphatic heterocycles. The monoisotopic (exact) mass is 572 g/mol. The standard InChI is InChI=1S/C26H24ClF3N8O2/c27-19-11-10-17(12-18(19)26(28,29)30)35-24(39)34-16-8-6-14(7-9-16)20-21-22(38-37-20)23(32-13-31-21)36-25(40)33-15-4-2-1-3-5-15/h6-13,15,20H,1-5H2,(H2,34,35,39)(H2,31,32,33,36,40). The number of halogens is 4. The lowest BCUT2D eigenvalue weighted by Crippen LogP contribution is -2.39. The first kappa shape index (κ1) is 27.3. The molecule has 1 fully saturated rings. The Labute approximate surface area is 231 Å². The molecule has 1 atom stereocenters. The lowest BCUT2D eigenvalue weighted by molar-refractivity contribution is -0.137. The molecule has 2 heterocycles. The molecule has 208 valence electrons. The molecule has 5 rings (SSSR count). The van der Waals surface area contributed by atoms with E-state index in [2.05, 4.69) is 41.5 Å². The number of carbonyl (C=O) groups excluding carboxylic acids is 2. The van der Waals surface area contributed by atoms with Crippen LogP contribution >= 0.6 is 11.6 Å². The van der Waals surface area contributed by atoms with Crippen LogP contribution in [0.5, 0.6) is 0 Å². The van der Waals surface area contributed by atoms with Crippen LogP contribution in [0.15, 0.2) is 59.0 Å². The number of alkyl halides is 3. The SMILES string of the molecule is O=C(Nc1ccc(C2N=Nc3c(NC(=O)NC4CCCCC4)ncnc32)cc1)Nc1ccc(Cl)c(C(F)(F)F)c1. The average molecular weight is 573 g/mol. The molecule has 10 nitrogen and oxygen atoms in total. The van der Waals surface area contributed by atoms with Gasteiger partial charge in [0.2, 0.25) is 0 Å². The van der Waals surface area contributed by atoms with Gasteiger partial charge in [-0.1, -0.05) is 43.0 Å².